The summed E-state index contributed by atoms with van der Waals surface area (Å²) in [6, 6.07) is -0.181. The lowest BCUT2D eigenvalue weighted by molar-refractivity contribution is -0.142. The molecule has 5 heteroatoms. The first-order valence-corrected chi connectivity index (χ1v) is 7.80. The highest BCUT2D eigenvalue weighted by atomic mass is 16.4. The van der Waals surface area contributed by atoms with E-state index < -0.39 is 11.9 Å². The van der Waals surface area contributed by atoms with Crippen molar-refractivity contribution in [2.24, 2.45) is 17.6 Å². The Balaban J connectivity index is 2.33. The van der Waals surface area contributed by atoms with Gasteiger partial charge in [0.15, 0.2) is 0 Å². The molecule has 0 bridgehead atoms. The molecule has 0 aromatic rings. The average molecular weight is 284 g/mol. The van der Waals surface area contributed by atoms with Gasteiger partial charge in [-0.2, -0.15) is 0 Å². The molecule has 116 valence electrons. The van der Waals surface area contributed by atoms with E-state index in [9.17, 15) is 9.59 Å². The molecule has 0 aromatic heterocycles. The lowest BCUT2D eigenvalue weighted by Crippen LogP contribution is -2.40. The third-order valence-electron chi connectivity index (χ3n) is 4.23. The Hall–Kier alpha value is -1.10. The molecule has 3 unspecified atom stereocenters. The van der Waals surface area contributed by atoms with Crippen LogP contribution >= 0.6 is 0 Å². The van der Waals surface area contributed by atoms with Gasteiger partial charge in [0, 0.05) is 12.5 Å². The van der Waals surface area contributed by atoms with Crippen LogP contribution in [-0.4, -0.2) is 29.6 Å². The number of nitrogens with two attached hydrogens (primary N) is 1. The largest absolute Gasteiger partial charge is 0.481 e. The standard InChI is InChI=1S/C15H28N2O3/c1-2-4-11(9-10-16)7-8-14(18)17-13-6-3-5-12(13)15(19)20/h11-13H,2-10,16H2,1H3,(H,17,18)(H,19,20). The molecule has 5 nitrogen and oxygen atoms in total. The first-order valence-electron chi connectivity index (χ1n) is 7.80. The van der Waals surface area contributed by atoms with Crippen molar-refractivity contribution in [2.45, 2.75) is 64.3 Å². The Morgan fingerprint density at radius 2 is 2.05 bits per heavy atom. The summed E-state index contributed by atoms with van der Waals surface area (Å²) >= 11 is 0. The van der Waals surface area contributed by atoms with Crippen LogP contribution < -0.4 is 11.1 Å². The summed E-state index contributed by atoms with van der Waals surface area (Å²) in [7, 11) is 0. The van der Waals surface area contributed by atoms with Gasteiger partial charge in [0.1, 0.15) is 0 Å². The van der Waals surface area contributed by atoms with Crippen LogP contribution in [0.25, 0.3) is 0 Å². The molecule has 1 aliphatic rings. The first kappa shape index (κ1) is 17.0. The van der Waals surface area contributed by atoms with E-state index in [0.717, 1.165) is 38.5 Å². The van der Waals surface area contributed by atoms with Crippen molar-refractivity contribution in [1.82, 2.24) is 5.32 Å². The van der Waals surface area contributed by atoms with Gasteiger partial charge >= 0.3 is 5.97 Å². The minimum absolute atomic E-state index is 0.0127. The molecule has 0 radical (unpaired) electrons. The van der Waals surface area contributed by atoms with E-state index in [2.05, 4.69) is 12.2 Å². The van der Waals surface area contributed by atoms with Gasteiger partial charge in [-0.05, 0) is 38.1 Å². The average Bonchev–Trinajstić information content (AvgIpc) is 2.84. The molecule has 1 aliphatic carbocycles. The lowest BCUT2D eigenvalue weighted by Gasteiger charge is -2.19. The number of carboxylic acid groups (broad SMARTS) is 1. The van der Waals surface area contributed by atoms with Gasteiger partial charge in [0.25, 0.3) is 0 Å². The fourth-order valence-electron chi connectivity index (χ4n) is 3.12. The van der Waals surface area contributed by atoms with Crippen LogP contribution in [0, 0.1) is 11.8 Å². The maximum Gasteiger partial charge on any atom is 0.308 e. The first-order chi connectivity index (χ1) is 9.58. The summed E-state index contributed by atoms with van der Waals surface area (Å²) < 4.78 is 0. The Morgan fingerprint density at radius 1 is 1.30 bits per heavy atom. The zero-order chi connectivity index (χ0) is 15.0. The molecule has 1 fully saturated rings. The quantitative estimate of drug-likeness (QED) is 0.603. The number of hydrogen-bond acceptors (Lipinski definition) is 3. The Bertz CT molecular complexity index is 314. The number of aliphatic carboxylic acids is 1. The van der Waals surface area contributed by atoms with Crippen LogP contribution in [0.15, 0.2) is 0 Å². The maximum atomic E-state index is 11.9. The van der Waals surface area contributed by atoms with Gasteiger partial charge in [0.05, 0.1) is 5.92 Å². The number of carbonyl (C=O) groups excluding carboxylic acids is 1. The Morgan fingerprint density at radius 3 is 2.65 bits per heavy atom. The molecule has 1 amide bonds. The van der Waals surface area contributed by atoms with E-state index in [1.807, 2.05) is 0 Å². The van der Waals surface area contributed by atoms with Gasteiger partial charge in [-0.3, -0.25) is 9.59 Å². The second-order valence-electron chi connectivity index (χ2n) is 5.82. The van der Waals surface area contributed by atoms with Crippen LogP contribution in [0.5, 0.6) is 0 Å². The lowest BCUT2D eigenvalue weighted by atomic mass is 9.94. The second kappa shape index (κ2) is 8.95. The number of amides is 1. The molecular formula is C15H28N2O3. The fourth-order valence-corrected chi connectivity index (χ4v) is 3.12. The molecule has 0 saturated heterocycles. The van der Waals surface area contributed by atoms with Crippen molar-refractivity contribution >= 4 is 11.9 Å². The van der Waals surface area contributed by atoms with Gasteiger partial charge < -0.3 is 16.2 Å². The highest BCUT2D eigenvalue weighted by molar-refractivity contribution is 5.78. The minimum atomic E-state index is -0.792. The summed E-state index contributed by atoms with van der Waals surface area (Å²) in [6.07, 6.45) is 6.84. The third kappa shape index (κ3) is 5.49. The van der Waals surface area contributed by atoms with E-state index in [-0.39, 0.29) is 11.9 Å². The predicted molar refractivity (Wildman–Crippen MR) is 78.2 cm³/mol. The van der Waals surface area contributed by atoms with Gasteiger partial charge in [-0.25, -0.2) is 0 Å². The summed E-state index contributed by atoms with van der Waals surface area (Å²) in [5, 5.41) is 12.0. The van der Waals surface area contributed by atoms with Crippen molar-refractivity contribution in [3.8, 4) is 0 Å². The van der Waals surface area contributed by atoms with Crippen LogP contribution in [0.3, 0.4) is 0 Å². The fraction of sp³-hybridized carbons (Fsp3) is 0.867. The summed E-state index contributed by atoms with van der Waals surface area (Å²) in [4.78, 5) is 23.0. The topological polar surface area (TPSA) is 92.4 Å². The van der Waals surface area contributed by atoms with E-state index in [4.69, 9.17) is 10.8 Å². The third-order valence-corrected chi connectivity index (χ3v) is 4.23. The molecule has 0 aliphatic heterocycles. The Kier molecular flexibility index (Phi) is 7.59. The van der Waals surface area contributed by atoms with Crippen molar-refractivity contribution in [3.63, 3.8) is 0 Å². The number of nitrogens with one attached hydrogen (secondary N) is 1. The second-order valence-corrected chi connectivity index (χ2v) is 5.82. The van der Waals surface area contributed by atoms with Gasteiger partial charge in [-0.1, -0.05) is 26.2 Å². The molecule has 0 heterocycles. The van der Waals surface area contributed by atoms with Crippen molar-refractivity contribution < 1.29 is 14.7 Å². The minimum Gasteiger partial charge on any atom is -0.481 e. The molecule has 0 aromatic carbocycles. The van der Waals surface area contributed by atoms with E-state index >= 15 is 0 Å². The van der Waals surface area contributed by atoms with E-state index in [1.165, 1.54) is 0 Å². The summed E-state index contributed by atoms with van der Waals surface area (Å²) in [5.41, 5.74) is 5.58. The van der Waals surface area contributed by atoms with Crippen molar-refractivity contribution in [1.29, 1.82) is 0 Å². The SMILES string of the molecule is CCCC(CCN)CCC(=O)NC1CCCC1C(=O)O. The van der Waals surface area contributed by atoms with Crippen LogP contribution in [0.4, 0.5) is 0 Å². The van der Waals surface area contributed by atoms with E-state index in [0.29, 0.717) is 25.3 Å². The number of rotatable bonds is 9. The Labute approximate surface area is 121 Å². The van der Waals surface area contributed by atoms with Gasteiger partial charge in [-0.15, -0.1) is 0 Å². The monoisotopic (exact) mass is 284 g/mol. The predicted octanol–water partition coefficient (Wildman–Crippen LogP) is 1.90. The molecule has 20 heavy (non-hydrogen) atoms. The summed E-state index contributed by atoms with van der Waals surface area (Å²) in [6.45, 7) is 2.80. The molecule has 4 N–H and O–H groups in total. The molecule has 1 saturated carbocycles. The zero-order valence-electron chi connectivity index (χ0n) is 12.4. The number of hydrogen-bond donors (Lipinski definition) is 3. The normalized spacial score (nSPS) is 23.5. The van der Waals surface area contributed by atoms with Crippen LogP contribution in [0.2, 0.25) is 0 Å². The zero-order valence-corrected chi connectivity index (χ0v) is 12.4. The highest BCUT2D eigenvalue weighted by Crippen LogP contribution is 2.26. The molecule has 0 spiro atoms. The van der Waals surface area contributed by atoms with Gasteiger partial charge in [0.2, 0.25) is 5.91 Å². The van der Waals surface area contributed by atoms with Crippen molar-refractivity contribution in [2.75, 3.05) is 6.54 Å². The summed E-state index contributed by atoms with van der Waals surface area (Å²) in [5.74, 6) is -0.704. The number of carbonyl (C=O) groups is 2. The molecule has 3 atom stereocenters. The molecular weight excluding hydrogens is 256 g/mol. The highest BCUT2D eigenvalue weighted by Gasteiger charge is 2.33. The van der Waals surface area contributed by atoms with Crippen LogP contribution in [0.1, 0.15) is 58.3 Å². The smallest absolute Gasteiger partial charge is 0.308 e. The molecule has 1 rings (SSSR count). The number of carboxylic acids is 1. The van der Waals surface area contributed by atoms with Crippen molar-refractivity contribution in [3.05, 3.63) is 0 Å². The van der Waals surface area contributed by atoms with Crippen LogP contribution in [-0.2, 0) is 9.59 Å². The van der Waals surface area contributed by atoms with E-state index in [1.54, 1.807) is 0 Å². The maximum absolute atomic E-state index is 11.9.